The summed E-state index contributed by atoms with van der Waals surface area (Å²) in [6.07, 6.45) is 2.20. The van der Waals surface area contributed by atoms with E-state index < -0.39 is 9.84 Å². The highest BCUT2D eigenvalue weighted by Gasteiger charge is 2.36. The highest BCUT2D eigenvalue weighted by Crippen LogP contribution is 2.31. The number of allylic oxidation sites excluding steroid dienone is 1. The van der Waals surface area contributed by atoms with E-state index in [-0.39, 0.29) is 35.1 Å². The first-order valence-electron chi connectivity index (χ1n) is 8.73. The smallest absolute Gasteiger partial charge is 0.262 e. The number of imide groups is 1. The van der Waals surface area contributed by atoms with Gasteiger partial charge in [0.15, 0.2) is 15.0 Å². The Morgan fingerprint density at radius 3 is 2.43 bits per heavy atom. The fourth-order valence-corrected chi connectivity index (χ4v) is 6.13. The van der Waals surface area contributed by atoms with Crippen molar-refractivity contribution in [1.29, 1.82) is 0 Å². The normalized spacial score (nSPS) is 20.6. The van der Waals surface area contributed by atoms with E-state index in [1.807, 2.05) is 0 Å². The quantitative estimate of drug-likeness (QED) is 0.400. The molecule has 4 rings (SSSR count). The maximum atomic E-state index is 12.5. The second-order valence-corrected chi connectivity index (χ2v) is 9.84. The average Bonchev–Trinajstić information content (AvgIpc) is 3.30. The molecule has 2 aliphatic heterocycles. The summed E-state index contributed by atoms with van der Waals surface area (Å²) in [4.78, 5) is 26.2. The van der Waals surface area contributed by atoms with E-state index in [0.29, 0.717) is 35.1 Å². The third-order valence-electron chi connectivity index (χ3n) is 4.86. The molecular weight excluding hydrogens is 400 g/mol. The van der Waals surface area contributed by atoms with Crippen LogP contribution in [0.1, 0.15) is 38.9 Å². The van der Waals surface area contributed by atoms with Gasteiger partial charge in [0.05, 0.1) is 28.5 Å². The fourth-order valence-electron chi connectivity index (χ4n) is 3.49. The van der Waals surface area contributed by atoms with E-state index in [2.05, 4.69) is 16.8 Å². The van der Waals surface area contributed by atoms with Gasteiger partial charge in [0.1, 0.15) is 5.82 Å². The first kappa shape index (κ1) is 18.9. The Bertz CT molecular complexity index is 1040. The number of aromatic nitrogens is 3. The van der Waals surface area contributed by atoms with Crippen LogP contribution < -0.4 is 0 Å². The summed E-state index contributed by atoms with van der Waals surface area (Å²) in [5.41, 5.74) is 0.801. The van der Waals surface area contributed by atoms with Crippen LogP contribution in [0.3, 0.4) is 0 Å². The van der Waals surface area contributed by atoms with Crippen molar-refractivity contribution in [3.63, 3.8) is 0 Å². The lowest BCUT2D eigenvalue weighted by molar-refractivity contribution is 0.0684. The Hall–Kier alpha value is -2.46. The molecular formula is C18H18N4O4S2. The number of rotatable bonds is 6. The largest absolute Gasteiger partial charge is 0.302 e. The molecule has 0 unspecified atom stereocenters. The summed E-state index contributed by atoms with van der Waals surface area (Å²) in [6.45, 7) is 4.16. The lowest BCUT2D eigenvalue weighted by Crippen LogP contribution is -2.29. The maximum Gasteiger partial charge on any atom is 0.262 e. The molecule has 8 nitrogen and oxygen atoms in total. The van der Waals surface area contributed by atoms with Crippen LogP contribution in [0.25, 0.3) is 0 Å². The zero-order valence-corrected chi connectivity index (χ0v) is 16.6. The minimum Gasteiger partial charge on any atom is -0.302 e. The molecule has 0 N–H and O–H groups in total. The van der Waals surface area contributed by atoms with Crippen LogP contribution in [0.15, 0.2) is 42.1 Å². The minimum absolute atomic E-state index is 0.0609. The number of carbonyl (C=O) groups excluding carboxylic acids is 2. The van der Waals surface area contributed by atoms with Gasteiger partial charge >= 0.3 is 0 Å². The van der Waals surface area contributed by atoms with Crippen molar-refractivity contribution in [2.24, 2.45) is 0 Å². The SMILES string of the molecule is C=CCn1c(SCN2C(=O)c3ccccc3C2=O)nnc1[C@H]1CCS(=O)(=O)C1. The number of carbonyl (C=O) groups is 2. The average molecular weight is 419 g/mol. The molecule has 0 spiro atoms. The van der Waals surface area contributed by atoms with Crippen LogP contribution in [0.5, 0.6) is 0 Å². The predicted molar refractivity (Wildman–Crippen MR) is 104 cm³/mol. The van der Waals surface area contributed by atoms with Crippen molar-refractivity contribution in [3.8, 4) is 0 Å². The van der Waals surface area contributed by atoms with E-state index in [4.69, 9.17) is 0 Å². The van der Waals surface area contributed by atoms with Gasteiger partial charge in [-0.2, -0.15) is 0 Å². The third-order valence-corrected chi connectivity index (χ3v) is 7.57. The van der Waals surface area contributed by atoms with Crippen molar-refractivity contribution in [2.75, 3.05) is 17.4 Å². The molecule has 0 saturated carbocycles. The molecule has 10 heteroatoms. The molecule has 2 aliphatic rings. The Morgan fingerprint density at radius 1 is 1.18 bits per heavy atom. The van der Waals surface area contributed by atoms with E-state index in [1.165, 1.54) is 16.7 Å². The van der Waals surface area contributed by atoms with E-state index in [0.717, 1.165) is 0 Å². The van der Waals surface area contributed by atoms with Gasteiger partial charge in [-0.3, -0.25) is 14.5 Å². The van der Waals surface area contributed by atoms with Gasteiger partial charge in [-0.05, 0) is 18.6 Å². The number of thioether (sulfide) groups is 1. The van der Waals surface area contributed by atoms with Gasteiger partial charge in [0.2, 0.25) is 0 Å². The van der Waals surface area contributed by atoms with Gasteiger partial charge in [-0.25, -0.2) is 8.42 Å². The number of hydrogen-bond donors (Lipinski definition) is 0. The highest BCUT2D eigenvalue weighted by molar-refractivity contribution is 7.99. The Kier molecular flexibility index (Phi) is 4.84. The molecule has 1 aromatic carbocycles. The molecule has 28 heavy (non-hydrogen) atoms. The van der Waals surface area contributed by atoms with E-state index in [1.54, 1.807) is 34.9 Å². The Labute approximate surface area is 166 Å². The lowest BCUT2D eigenvalue weighted by atomic mass is 10.1. The van der Waals surface area contributed by atoms with Gasteiger partial charge in [0, 0.05) is 12.5 Å². The van der Waals surface area contributed by atoms with Crippen molar-refractivity contribution < 1.29 is 18.0 Å². The molecule has 146 valence electrons. The number of amides is 2. The first-order valence-corrected chi connectivity index (χ1v) is 11.5. The van der Waals surface area contributed by atoms with Crippen LogP contribution in [-0.4, -0.2) is 57.3 Å². The van der Waals surface area contributed by atoms with E-state index in [9.17, 15) is 18.0 Å². The van der Waals surface area contributed by atoms with Crippen molar-refractivity contribution in [2.45, 2.75) is 24.0 Å². The molecule has 1 fully saturated rings. The summed E-state index contributed by atoms with van der Waals surface area (Å²) in [7, 11) is -3.05. The van der Waals surface area contributed by atoms with Gasteiger partial charge in [0.25, 0.3) is 11.8 Å². The highest BCUT2D eigenvalue weighted by atomic mass is 32.2. The number of fused-ring (bicyclic) bond motifs is 1. The molecule has 1 aromatic heterocycles. The molecule has 2 aromatic rings. The predicted octanol–water partition coefficient (Wildman–Crippen LogP) is 1.71. The molecule has 0 aliphatic carbocycles. The van der Waals surface area contributed by atoms with Gasteiger partial charge < -0.3 is 4.57 Å². The molecule has 3 heterocycles. The lowest BCUT2D eigenvalue weighted by Gasteiger charge is -2.14. The van der Waals surface area contributed by atoms with Crippen molar-refractivity contribution in [1.82, 2.24) is 19.7 Å². The summed E-state index contributed by atoms with van der Waals surface area (Å²) in [5.74, 6) is 0.0541. The topological polar surface area (TPSA) is 102 Å². The Balaban J connectivity index is 1.54. The molecule has 2 amide bonds. The standard InChI is InChI=1S/C18H18N4O4S2/c1-2-8-21-15(12-7-9-28(25,26)10-12)19-20-18(21)27-11-22-16(23)13-5-3-4-6-14(13)17(22)24/h2-6,12H,1,7-11H2/t12-/m0/s1. The maximum absolute atomic E-state index is 12.5. The summed E-state index contributed by atoms with van der Waals surface area (Å²) >= 11 is 1.22. The molecule has 0 radical (unpaired) electrons. The second-order valence-electron chi connectivity index (χ2n) is 6.70. The van der Waals surface area contributed by atoms with Crippen LogP contribution in [0, 0.1) is 0 Å². The molecule has 1 saturated heterocycles. The summed E-state index contributed by atoms with van der Waals surface area (Å²) in [5, 5.41) is 8.89. The van der Waals surface area contributed by atoms with E-state index >= 15 is 0 Å². The van der Waals surface area contributed by atoms with Crippen molar-refractivity contribution >= 4 is 33.4 Å². The third kappa shape index (κ3) is 3.26. The minimum atomic E-state index is -3.05. The number of benzene rings is 1. The molecule has 0 bridgehead atoms. The van der Waals surface area contributed by atoms with Gasteiger partial charge in [-0.15, -0.1) is 16.8 Å². The second kappa shape index (κ2) is 7.17. The monoisotopic (exact) mass is 418 g/mol. The van der Waals surface area contributed by atoms with Crippen LogP contribution >= 0.6 is 11.8 Å². The van der Waals surface area contributed by atoms with Crippen molar-refractivity contribution in [3.05, 3.63) is 53.9 Å². The van der Waals surface area contributed by atoms with Crippen LogP contribution in [0.2, 0.25) is 0 Å². The fraction of sp³-hybridized carbons (Fsp3) is 0.333. The summed E-state index contributed by atoms with van der Waals surface area (Å²) in [6, 6.07) is 6.73. The number of nitrogens with zero attached hydrogens (tertiary/aromatic N) is 4. The zero-order chi connectivity index (χ0) is 19.9. The molecule has 1 atom stereocenters. The summed E-state index contributed by atoms with van der Waals surface area (Å²) < 4.78 is 25.4. The van der Waals surface area contributed by atoms with Crippen LogP contribution in [-0.2, 0) is 16.4 Å². The van der Waals surface area contributed by atoms with Gasteiger partial charge in [-0.1, -0.05) is 30.0 Å². The van der Waals surface area contributed by atoms with Crippen LogP contribution in [0.4, 0.5) is 0 Å². The zero-order valence-electron chi connectivity index (χ0n) is 14.9. The Morgan fingerprint density at radius 2 is 1.86 bits per heavy atom. The number of hydrogen-bond acceptors (Lipinski definition) is 7. The first-order chi connectivity index (χ1) is 13.4. The number of sulfone groups is 1.